The highest BCUT2D eigenvalue weighted by atomic mass is 35.5. The van der Waals surface area contributed by atoms with Crippen molar-refractivity contribution >= 4 is 17.5 Å². The summed E-state index contributed by atoms with van der Waals surface area (Å²) >= 11 is 6.24. The van der Waals surface area contributed by atoms with Crippen molar-refractivity contribution in [2.75, 3.05) is 13.2 Å². The lowest BCUT2D eigenvalue weighted by Crippen LogP contribution is -2.48. The molecule has 0 aliphatic carbocycles. The number of hydrogen-bond donors (Lipinski definition) is 1. The fourth-order valence-electron chi connectivity index (χ4n) is 2.71. The Balaban J connectivity index is 1.81. The molecule has 1 aromatic carbocycles. The van der Waals surface area contributed by atoms with Gasteiger partial charge in [-0.25, -0.2) is 0 Å². The summed E-state index contributed by atoms with van der Waals surface area (Å²) in [4.78, 5) is 14.5. The molecule has 3 rings (SSSR count). The van der Waals surface area contributed by atoms with E-state index in [1.165, 1.54) is 0 Å². The molecule has 23 heavy (non-hydrogen) atoms. The average Bonchev–Trinajstić information content (AvgIpc) is 3.04. The number of amides is 1. The topological polar surface area (TPSA) is 68.7 Å². The molecule has 0 bridgehead atoms. The first-order chi connectivity index (χ1) is 11.1. The number of carbonyl (C=O) groups excluding carboxylic acids is 1. The van der Waals surface area contributed by atoms with E-state index in [-0.39, 0.29) is 24.6 Å². The van der Waals surface area contributed by atoms with E-state index < -0.39 is 0 Å². The number of rotatable bonds is 3. The number of furan rings is 1. The Morgan fingerprint density at radius 1 is 1.35 bits per heavy atom. The number of carbonyl (C=O) groups is 1. The SMILES string of the molecule is C[C@@H]1CO[C@H](c2ccccc2Cl)CN1C(=O)c1ccc(CN)o1. The van der Waals surface area contributed by atoms with Gasteiger partial charge >= 0.3 is 0 Å². The monoisotopic (exact) mass is 334 g/mol. The maximum absolute atomic E-state index is 12.7. The van der Waals surface area contributed by atoms with Crippen molar-refractivity contribution in [3.8, 4) is 0 Å². The molecule has 0 spiro atoms. The van der Waals surface area contributed by atoms with Crippen LogP contribution >= 0.6 is 11.6 Å². The van der Waals surface area contributed by atoms with Gasteiger partial charge in [-0.3, -0.25) is 4.79 Å². The van der Waals surface area contributed by atoms with Crippen molar-refractivity contribution in [3.63, 3.8) is 0 Å². The number of nitrogens with zero attached hydrogens (tertiary/aromatic N) is 1. The summed E-state index contributed by atoms with van der Waals surface area (Å²) < 4.78 is 11.3. The normalized spacial score (nSPS) is 21.4. The first kappa shape index (κ1) is 16.1. The van der Waals surface area contributed by atoms with Gasteiger partial charge in [0.15, 0.2) is 5.76 Å². The second kappa shape index (κ2) is 6.74. The summed E-state index contributed by atoms with van der Waals surface area (Å²) in [5, 5.41) is 0.642. The number of morpholine rings is 1. The molecule has 0 unspecified atom stereocenters. The molecule has 0 saturated carbocycles. The van der Waals surface area contributed by atoms with Gasteiger partial charge in [0.05, 0.1) is 25.7 Å². The van der Waals surface area contributed by atoms with E-state index in [1.807, 2.05) is 31.2 Å². The highest BCUT2D eigenvalue weighted by Gasteiger charge is 2.33. The lowest BCUT2D eigenvalue weighted by Gasteiger charge is -2.38. The molecule has 1 aromatic heterocycles. The van der Waals surface area contributed by atoms with E-state index in [9.17, 15) is 4.79 Å². The molecule has 1 saturated heterocycles. The van der Waals surface area contributed by atoms with Gasteiger partial charge in [0.2, 0.25) is 0 Å². The van der Waals surface area contributed by atoms with Crippen LogP contribution in [0.25, 0.3) is 0 Å². The minimum absolute atomic E-state index is 0.0346. The van der Waals surface area contributed by atoms with Crippen molar-refractivity contribution in [1.29, 1.82) is 0 Å². The third-order valence-electron chi connectivity index (χ3n) is 4.02. The van der Waals surface area contributed by atoms with E-state index >= 15 is 0 Å². The lowest BCUT2D eigenvalue weighted by molar-refractivity contribution is -0.0495. The average molecular weight is 335 g/mol. The molecule has 2 aromatic rings. The molecule has 2 N–H and O–H groups in total. The molecule has 1 aliphatic rings. The second-order valence-electron chi connectivity index (χ2n) is 5.62. The maximum Gasteiger partial charge on any atom is 0.289 e. The van der Waals surface area contributed by atoms with Crippen molar-refractivity contribution in [2.45, 2.75) is 25.6 Å². The predicted octanol–water partition coefficient (Wildman–Crippen LogP) is 2.99. The number of hydrogen-bond acceptors (Lipinski definition) is 4. The fourth-order valence-corrected chi connectivity index (χ4v) is 2.97. The van der Waals surface area contributed by atoms with E-state index in [2.05, 4.69) is 0 Å². The second-order valence-corrected chi connectivity index (χ2v) is 6.03. The van der Waals surface area contributed by atoms with E-state index in [0.717, 1.165) is 5.56 Å². The van der Waals surface area contributed by atoms with Gasteiger partial charge in [-0.2, -0.15) is 0 Å². The molecule has 1 fully saturated rings. The molecular formula is C17H19ClN2O3. The van der Waals surface area contributed by atoms with Crippen LogP contribution in [0.1, 0.15) is 34.9 Å². The Morgan fingerprint density at radius 3 is 2.83 bits per heavy atom. The highest BCUT2D eigenvalue weighted by Crippen LogP contribution is 2.30. The molecule has 6 heteroatoms. The Kier molecular flexibility index (Phi) is 4.71. The van der Waals surface area contributed by atoms with Crippen LogP contribution < -0.4 is 5.73 Å². The van der Waals surface area contributed by atoms with Crippen LogP contribution in [0.5, 0.6) is 0 Å². The van der Waals surface area contributed by atoms with E-state index in [0.29, 0.717) is 29.7 Å². The smallest absolute Gasteiger partial charge is 0.289 e. The Hall–Kier alpha value is -1.82. The molecule has 1 aliphatic heterocycles. The van der Waals surface area contributed by atoms with Gasteiger partial charge in [0.25, 0.3) is 5.91 Å². The van der Waals surface area contributed by atoms with Crippen LogP contribution in [0.4, 0.5) is 0 Å². The Bertz CT molecular complexity index is 701. The van der Waals surface area contributed by atoms with Crippen LogP contribution in [-0.2, 0) is 11.3 Å². The molecular weight excluding hydrogens is 316 g/mol. The van der Waals surface area contributed by atoms with Gasteiger partial charge < -0.3 is 19.8 Å². The number of halogens is 1. The maximum atomic E-state index is 12.7. The van der Waals surface area contributed by atoms with Gasteiger partial charge in [-0.05, 0) is 25.1 Å². The highest BCUT2D eigenvalue weighted by molar-refractivity contribution is 6.31. The zero-order valence-electron chi connectivity index (χ0n) is 12.9. The summed E-state index contributed by atoms with van der Waals surface area (Å²) in [5.74, 6) is 0.742. The fraction of sp³-hybridized carbons (Fsp3) is 0.353. The zero-order valence-corrected chi connectivity index (χ0v) is 13.6. The molecule has 5 nitrogen and oxygen atoms in total. The van der Waals surface area contributed by atoms with E-state index in [4.69, 9.17) is 26.5 Å². The molecule has 0 radical (unpaired) electrons. The van der Waals surface area contributed by atoms with Crippen molar-refractivity contribution in [3.05, 3.63) is 58.5 Å². The van der Waals surface area contributed by atoms with Gasteiger partial charge in [-0.1, -0.05) is 29.8 Å². The summed E-state index contributed by atoms with van der Waals surface area (Å²) in [5.41, 5.74) is 6.42. The number of nitrogens with two attached hydrogens (primary N) is 1. The largest absolute Gasteiger partial charge is 0.455 e. The lowest BCUT2D eigenvalue weighted by atomic mass is 10.1. The van der Waals surface area contributed by atoms with Crippen LogP contribution in [0.15, 0.2) is 40.8 Å². The molecule has 2 heterocycles. The molecule has 2 atom stereocenters. The molecule has 122 valence electrons. The van der Waals surface area contributed by atoms with Crippen molar-refractivity contribution < 1.29 is 13.9 Å². The van der Waals surface area contributed by atoms with Crippen molar-refractivity contribution in [2.24, 2.45) is 5.73 Å². The Morgan fingerprint density at radius 2 is 2.13 bits per heavy atom. The summed E-state index contributed by atoms with van der Waals surface area (Å²) in [6.07, 6.45) is -0.243. The third kappa shape index (κ3) is 3.27. The predicted molar refractivity (Wildman–Crippen MR) is 87.2 cm³/mol. The zero-order chi connectivity index (χ0) is 16.4. The summed E-state index contributed by atoms with van der Waals surface area (Å²) in [7, 11) is 0. The quantitative estimate of drug-likeness (QED) is 0.936. The first-order valence-corrected chi connectivity index (χ1v) is 7.93. The molecule has 1 amide bonds. The van der Waals surface area contributed by atoms with Crippen LogP contribution in [0, 0.1) is 0 Å². The summed E-state index contributed by atoms with van der Waals surface area (Å²) in [6.45, 7) is 3.11. The summed E-state index contributed by atoms with van der Waals surface area (Å²) in [6, 6.07) is 10.9. The minimum Gasteiger partial charge on any atom is -0.455 e. The van der Waals surface area contributed by atoms with E-state index in [1.54, 1.807) is 17.0 Å². The standard InChI is InChI=1S/C17H19ClN2O3/c1-11-10-22-16(13-4-2-3-5-14(13)18)9-20(11)17(21)15-7-6-12(8-19)23-15/h2-7,11,16H,8-10,19H2,1H3/t11-,16+/m1/s1. The van der Waals surface area contributed by atoms with Gasteiger partial charge in [-0.15, -0.1) is 0 Å². The third-order valence-corrected chi connectivity index (χ3v) is 4.36. The van der Waals surface area contributed by atoms with Crippen molar-refractivity contribution in [1.82, 2.24) is 4.90 Å². The van der Waals surface area contributed by atoms with Crippen LogP contribution in [0.3, 0.4) is 0 Å². The Labute approximate surface area is 140 Å². The minimum atomic E-state index is -0.243. The van der Waals surface area contributed by atoms with Gasteiger partial charge in [0, 0.05) is 10.6 Å². The van der Waals surface area contributed by atoms with Gasteiger partial charge in [0.1, 0.15) is 11.9 Å². The number of ether oxygens (including phenoxy) is 1. The van der Waals surface area contributed by atoms with Crippen LogP contribution in [0.2, 0.25) is 5.02 Å². The number of benzene rings is 1. The first-order valence-electron chi connectivity index (χ1n) is 7.56. The van der Waals surface area contributed by atoms with Crippen LogP contribution in [-0.4, -0.2) is 30.0 Å².